The number of fused-ring (bicyclic) bond motifs is 1. The average Bonchev–Trinajstić information content (AvgIpc) is 2.80. The van der Waals surface area contributed by atoms with Gasteiger partial charge in [0.15, 0.2) is 6.10 Å². The molecule has 2 amide bonds. The van der Waals surface area contributed by atoms with Crippen LogP contribution in [0.2, 0.25) is 0 Å². The van der Waals surface area contributed by atoms with Crippen LogP contribution in [-0.2, 0) is 29.2 Å². The summed E-state index contributed by atoms with van der Waals surface area (Å²) in [5, 5.41) is 2.47. The minimum atomic E-state index is -0.970. The van der Waals surface area contributed by atoms with Crippen LogP contribution in [0.3, 0.4) is 0 Å². The zero-order valence-electron chi connectivity index (χ0n) is 17.5. The van der Waals surface area contributed by atoms with Crippen molar-refractivity contribution in [2.75, 3.05) is 18.5 Å². The van der Waals surface area contributed by atoms with E-state index in [1.54, 1.807) is 24.3 Å². The van der Waals surface area contributed by atoms with Gasteiger partial charge in [-0.25, -0.2) is 28.1 Å². The molecule has 2 aromatic rings. The Morgan fingerprint density at radius 3 is 2.16 bits per heavy atom. The van der Waals surface area contributed by atoms with Crippen molar-refractivity contribution >= 4 is 17.5 Å². The molecule has 0 bridgehead atoms. The Morgan fingerprint density at radius 2 is 1.59 bits per heavy atom. The molecule has 2 heterocycles. The molecule has 0 saturated carbocycles. The first kappa shape index (κ1) is 22.5. The molecule has 1 aliphatic rings. The molecule has 1 N–H and O–H groups in total. The number of carbonyl (C=O) groups is 2. The molecule has 11 heteroatoms. The number of nitrogens with zero attached hydrogens (tertiary/aromatic N) is 4. The molecular weight excluding hydrogens is 418 g/mol. The third-order valence-electron chi connectivity index (χ3n) is 4.92. The number of hydrogen-bond acceptors (Lipinski definition) is 6. The minimum absolute atomic E-state index is 0.114. The van der Waals surface area contributed by atoms with Crippen molar-refractivity contribution in [1.29, 1.82) is 0 Å². The standard InChI is InChI=1S/C21H23N5O6/c1-4-10-23-19(29)24(11-5-2)21(31)26(20(23)30)13-17(27)25-12-16(18(28)22-3)32-15-9-7-6-8-14(15)25/h4-9,16H,1-2,10-13H2,3H3,(H,22,28). The van der Waals surface area contributed by atoms with Gasteiger partial charge in [-0.2, -0.15) is 0 Å². The molecule has 1 unspecified atom stereocenters. The number of amides is 2. The number of allylic oxidation sites excluding steroid dienone is 2. The predicted octanol–water partition coefficient (Wildman–Crippen LogP) is -0.916. The summed E-state index contributed by atoms with van der Waals surface area (Å²) >= 11 is 0. The van der Waals surface area contributed by atoms with Gasteiger partial charge in [0.25, 0.3) is 5.91 Å². The third kappa shape index (κ3) is 4.04. The number of rotatable bonds is 7. The second kappa shape index (κ2) is 9.33. The van der Waals surface area contributed by atoms with E-state index in [2.05, 4.69) is 18.5 Å². The van der Waals surface area contributed by atoms with Crippen molar-refractivity contribution in [2.45, 2.75) is 25.7 Å². The topological polar surface area (TPSA) is 125 Å². The molecule has 0 spiro atoms. The lowest BCUT2D eigenvalue weighted by molar-refractivity contribution is -0.128. The second-order valence-corrected chi connectivity index (χ2v) is 6.93. The SMILES string of the molecule is C=CCn1c(=O)n(CC=C)c(=O)n(CC(=O)N2CC(C(=O)NC)Oc3ccccc32)c1=O. The summed E-state index contributed by atoms with van der Waals surface area (Å²) in [5.74, 6) is -0.737. The summed E-state index contributed by atoms with van der Waals surface area (Å²) in [7, 11) is 1.45. The van der Waals surface area contributed by atoms with E-state index in [9.17, 15) is 24.0 Å². The smallest absolute Gasteiger partial charge is 0.337 e. The maximum atomic E-state index is 13.2. The molecule has 1 aromatic carbocycles. The Kier molecular flexibility index (Phi) is 6.57. The van der Waals surface area contributed by atoms with Gasteiger partial charge in [0.2, 0.25) is 5.91 Å². The highest BCUT2D eigenvalue weighted by atomic mass is 16.5. The Bertz CT molecular complexity index is 1210. The van der Waals surface area contributed by atoms with Crippen LogP contribution in [0.5, 0.6) is 5.75 Å². The van der Waals surface area contributed by atoms with E-state index in [-0.39, 0.29) is 19.6 Å². The maximum absolute atomic E-state index is 13.2. The lowest BCUT2D eigenvalue weighted by Gasteiger charge is -2.34. The van der Waals surface area contributed by atoms with Crippen molar-refractivity contribution in [3.8, 4) is 5.75 Å². The molecule has 1 aromatic heterocycles. The van der Waals surface area contributed by atoms with E-state index in [0.717, 1.165) is 9.13 Å². The number of benzene rings is 1. The van der Waals surface area contributed by atoms with E-state index >= 15 is 0 Å². The quantitative estimate of drug-likeness (QED) is 0.555. The minimum Gasteiger partial charge on any atom is -0.477 e. The first-order chi connectivity index (χ1) is 15.3. The monoisotopic (exact) mass is 441 g/mol. The molecule has 11 nitrogen and oxygen atoms in total. The first-order valence-electron chi connectivity index (χ1n) is 9.78. The van der Waals surface area contributed by atoms with Crippen LogP contribution in [-0.4, -0.2) is 45.2 Å². The number of likely N-dealkylation sites (N-methyl/N-ethyl adjacent to an activating group) is 1. The largest absolute Gasteiger partial charge is 0.477 e. The van der Waals surface area contributed by atoms with Crippen LogP contribution in [0.15, 0.2) is 64.0 Å². The number of aromatic nitrogens is 3. The molecule has 1 atom stereocenters. The van der Waals surface area contributed by atoms with Gasteiger partial charge in [0.05, 0.1) is 25.3 Å². The fraction of sp³-hybridized carbons (Fsp3) is 0.286. The van der Waals surface area contributed by atoms with Crippen LogP contribution < -0.4 is 32.0 Å². The lowest BCUT2D eigenvalue weighted by atomic mass is 10.1. The summed E-state index contributed by atoms with van der Waals surface area (Å²) in [4.78, 5) is 64.8. The zero-order chi connectivity index (χ0) is 23.4. The van der Waals surface area contributed by atoms with Gasteiger partial charge >= 0.3 is 17.1 Å². The van der Waals surface area contributed by atoms with Gasteiger partial charge < -0.3 is 15.0 Å². The summed E-state index contributed by atoms with van der Waals surface area (Å²) in [5.41, 5.74) is -2.28. The lowest BCUT2D eigenvalue weighted by Crippen LogP contribution is -2.57. The fourth-order valence-corrected chi connectivity index (χ4v) is 3.38. The van der Waals surface area contributed by atoms with Gasteiger partial charge in [0, 0.05) is 7.05 Å². The number of anilines is 1. The highest BCUT2D eigenvalue weighted by Gasteiger charge is 2.33. The molecule has 168 valence electrons. The maximum Gasteiger partial charge on any atom is 0.337 e. The fourth-order valence-electron chi connectivity index (χ4n) is 3.38. The number of hydrogen-bond donors (Lipinski definition) is 1. The second-order valence-electron chi connectivity index (χ2n) is 6.93. The number of ether oxygens (including phenoxy) is 1. The molecule has 32 heavy (non-hydrogen) atoms. The Balaban J connectivity index is 2.06. The molecular formula is C21H23N5O6. The predicted molar refractivity (Wildman–Crippen MR) is 117 cm³/mol. The molecule has 0 aliphatic carbocycles. The van der Waals surface area contributed by atoms with E-state index in [4.69, 9.17) is 4.74 Å². The summed E-state index contributed by atoms with van der Waals surface area (Å²) in [6, 6.07) is 6.62. The summed E-state index contributed by atoms with van der Waals surface area (Å²) < 4.78 is 7.98. The van der Waals surface area contributed by atoms with E-state index < -0.39 is 41.5 Å². The number of nitrogens with one attached hydrogen (secondary N) is 1. The summed E-state index contributed by atoms with van der Waals surface area (Å²) in [6.45, 7) is 6.01. The molecule has 0 radical (unpaired) electrons. The molecule has 3 rings (SSSR count). The zero-order valence-corrected chi connectivity index (χ0v) is 17.5. The highest BCUT2D eigenvalue weighted by Crippen LogP contribution is 2.33. The van der Waals surface area contributed by atoms with E-state index in [0.29, 0.717) is 16.0 Å². The van der Waals surface area contributed by atoms with Gasteiger partial charge in [-0.3, -0.25) is 9.59 Å². The third-order valence-corrected chi connectivity index (χ3v) is 4.92. The normalized spacial score (nSPS) is 14.8. The van der Waals surface area contributed by atoms with Crippen molar-refractivity contribution in [3.63, 3.8) is 0 Å². The van der Waals surface area contributed by atoms with E-state index in [1.165, 1.54) is 24.1 Å². The Labute approximate surface area is 182 Å². The van der Waals surface area contributed by atoms with Crippen molar-refractivity contribution in [1.82, 2.24) is 19.0 Å². The first-order valence-corrected chi connectivity index (χ1v) is 9.78. The van der Waals surface area contributed by atoms with E-state index in [1.807, 2.05) is 0 Å². The van der Waals surface area contributed by atoms with Crippen molar-refractivity contribution in [2.24, 2.45) is 0 Å². The van der Waals surface area contributed by atoms with Gasteiger partial charge in [0.1, 0.15) is 12.3 Å². The van der Waals surface area contributed by atoms with Crippen LogP contribution in [0, 0.1) is 0 Å². The van der Waals surface area contributed by atoms with Gasteiger partial charge in [-0.1, -0.05) is 24.3 Å². The van der Waals surface area contributed by atoms with Crippen LogP contribution in [0.1, 0.15) is 0 Å². The van der Waals surface area contributed by atoms with Crippen LogP contribution in [0.4, 0.5) is 5.69 Å². The highest BCUT2D eigenvalue weighted by molar-refractivity contribution is 5.97. The van der Waals surface area contributed by atoms with Gasteiger partial charge in [-0.05, 0) is 12.1 Å². The van der Waals surface area contributed by atoms with Crippen LogP contribution >= 0.6 is 0 Å². The number of para-hydroxylation sites is 2. The van der Waals surface area contributed by atoms with Crippen molar-refractivity contribution in [3.05, 3.63) is 81.0 Å². The van der Waals surface area contributed by atoms with Crippen molar-refractivity contribution < 1.29 is 14.3 Å². The number of carbonyl (C=O) groups excluding carboxylic acids is 2. The molecule has 1 aliphatic heterocycles. The molecule has 0 fully saturated rings. The average molecular weight is 441 g/mol. The summed E-state index contributed by atoms with van der Waals surface area (Å²) in [6.07, 6.45) is 1.70. The van der Waals surface area contributed by atoms with Crippen LogP contribution in [0.25, 0.3) is 0 Å². The molecule has 0 saturated heterocycles. The Morgan fingerprint density at radius 1 is 1.03 bits per heavy atom. The van der Waals surface area contributed by atoms with Gasteiger partial charge in [-0.15, -0.1) is 13.2 Å². The Hall–Kier alpha value is -4.15.